The highest BCUT2D eigenvalue weighted by atomic mass is 32.1. The summed E-state index contributed by atoms with van der Waals surface area (Å²) in [5, 5.41) is 0. The third-order valence-corrected chi connectivity index (χ3v) is 6.95. The number of carbonyl (C=O) groups excluding carboxylic acids is 1. The molecular weight excluding hydrogens is 455 g/mol. The lowest BCUT2D eigenvalue weighted by molar-refractivity contribution is 0.0241. The van der Waals surface area contributed by atoms with Gasteiger partial charge >= 0.3 is 6.09 Å². The van der Waals surface area contributed by atoms with Gasteiger partial charge in [0.25, 0.3) is 5.56 Å². The van der Waals surface area contributed by atoms with Gasteiger partial charge in [-0.2, -0.15) is 0 Å². The maximum atomic E-state index is 13.3. The number of amides is 1. The highest BCUT2D eigenvalue weighted by molar-refractivity contribution is 7.22. The highest BCUT2D eigenvalue weighted by Gasteiger charge is 2.26. The van der Waals surface area contributed by atoms with Gasteiger partial charge in [-0.25, -0.2) is 14.2 Å². The van der Waals surface area contributed by atoms with Gasteiger partial charge in [-0.05, 0) is 69.8 Å². The zero-order valence-corrected chi connectivity index (χ0v) is 20.9. The van der Waals surface area contributed by atoms with Crippen molar-refractivity contribution in [1.82, 2.24) is 19.8 Å². The Morgan fingerprint density at radius 2 is 2.06 bits per heavy atom. The fourth-order valence-corrected chi connectivity index (χ4v) is 5.27. The predicted octanol–water partition coefficient (Wildman–Crippen LogP) is 4.87. The summed E-state index contributed by atoms with van der Waals surface area (Å²) >= 11 is 1.36. The van der Waals surface area contributed by atoms with Crippen LogP contribution in [0.3, 0.4) is 0 Å². The van der Waals surface area contributed by atoms with Crippen LogP contribution in [0.25, 0.3) is 20.7 Å². The predicted molar refractivity (Wildman–Crippen MR) is 132 cm³/mol. The molecular formula is C25H31FN4O3S. The van der Waals surface area contributed by atoms with Crippen molar-refractivity contribution in [1.29, 1.82) is 0 Å². The van der Waals surface area contributed by atoms with Crippen LogP contribution < -0.4 is 5.56 Å². The number of H-pyrrole nitrogens is 1. The SMILES string of the molecule is CN(CC1CCCN(Cc2nc3cc(-c4ccc(F)cc4)sc3c(=O)[nH]2)C1)C(=O)OC(C)(C)C. The van der Waals surface area contributed by atoms with E-state index in [0.717, 1.165) is 36.4 Å². The monoisotopic (exact) mass is 486 g/mol. The van der Waals surface area contributed by atoms with Crippen molar-refractivity contribution in [3.05, 3.63) is 52.3 Å². The van der Waals surface area contributed by atoms with Crippen LogP contribution in [0.1, 0.15) is 39.4 Å². The number of thiophene rings is 1. The molecule has 1 N–H and O–H groups in total. The van der Waals surface area contributed by atoms with Crippen LogP contribution in [0.5, 0.6) is 0 Å². The average molecular weight is 487 g/mol. The Morgan fingerprint density at radius 3 is 2.76 bits per heavy atom. The van der Waals surface area contributed by atoms with E-state index >= 15 is 0 Å². The Bertz CT molecular complexity index is 1220. The molecule has 1 aliphatic rings. The van der Waals surface area contributed by atoms with Gasteiger partial charge in [0.1, 0.15) is 21.9 Å². The summed E-state index contributed by atoms with van der Waals surface area (Å²) in [6.45, 7) is 8.49. The van der Waals surface area contributed by atoms with E-state index in [2.05, 4.69) is 9.88 Å². The van der Waals surface area contributed by atoms with Crippen molar-refractivity contribution in [2.24, 2.45) is 5.92 Å². The number of nitrogens with zero attached hydrogens (tertiary/aromatic N) is 3. The molecule has 2 aromatic heterocycles. The summed E-state index contributed by atoms with van der Waals surface area (Å²) < 4.78 is 19.3. The van der Waals surface area contributed by atoms with Crippen LogP contribution in [-0.2, 0) is 11.3 Å². The van der Waals surface area contributed by atoms with Gasteiger partial charge < -0.3 is 14.6 Å². The van der Waals surface area contributed by atoms with Crippen LogP contribution in [0.4, 0.5) is 9.18 Å². The number of aromatic amines is 1. The second kappa shape index (κ2) is 9.84. The number of fused-ring (bicyclic) bond motifs is 1. The molecule has 1 atom stereocenters. The Balaban J connectivity index is 1.43. The van der Waals surface area contributed by atoms with E-state index in [9.17, 15) is 14.0 Å². The molecule has 1 saturated heterocycles. The molecule has 1 unspecified atom stereocenters. The average Bonchev–Trinajstić information content (AvgIpc) is 3.18. The number of aromatic nitrogens is 2. The van der Waals surface area contributed by atoms with Gasteiger partial charge in [0.15, 0.2) is 0 Å². The van der Waals surface area contributed by atoms with Crippen molar-refractivity contribution in [2.45, 2.75) is 45.8 Å². The van der Waals surface area contributed by atoms with Gasteiger partial charge in [-0.1, -0.05) is 12.1 Å². The van der Waals surface area contributed by atoms with E-state index in [-0.39, 0.29) is 17.5 Å². The lowest BCUT2D eigenvalue weighted by Crippen LogP contribution is -2.43. The van der Waals surface area contributed by atoms with Gasteiger partial charge in [-0.3, -0.25) is 9.69 Å². The summed E-state index contributed by atoms with van der Waals surface area (Å²) in [7, 11) is 1.77. The number of likely N-dealkylation sites (tertiary alicyclic amines) is 1. The van der Waals surface area contributed by atoms with Gasteiger partial charge in [0.05, 0.1) is 12.1 Å². The molecule has 0 bridgehead atoms. The number of piperidine rings is 1. The first-order chi connectivity index (χ1) is 16.1. The molecule has 4 rings (SSSR count). The molecule has 9 heteroatoms. The Hall–Kier alpha value is -2.78. The van der Waals surface area contributed by atoms with Gasteiger partial charge in [0.2, 0.25) is 0 Å². The van der Waals surface area contributed by atoms with Crippen LogP contribution in [0, 0.1) is 11.7 Å². The minimum atomic E-state index is -0.516. The highest BCUT2D eigenvalue weighted by Crippen LogP contribution is 2.31. The Labute approximate surface area is 202 Å². The van der Waals surface area contributed by atoms with Crippen molar-refractivity contribution >= 4 is 27.6 Å². The first-order valence-electron chi connectivity index (χ1n) is 11.5. The molecule has 34 heavy (non-hydrogen) atoms. The number of hydrogen-bond donors (Lipinski definition) is 1. The van der Waals surface area contributed by atoms with E-state index in [1.54, 1.807) is 24.1 Å². The second-order valence-corrected chi connectivity index (χ2v) is 11.0. The lowest BCUT2D eigenvalue weighted by atomic mass is 9.97. The zero-order valence-electron chi connectivity index (χ0n) is 20.1. The molecule has 0 saturated carbocycles. The number of ether oxygens (including phenoxy) is 1. The van der Waals surface area contributed by atoms with Crippen LogP contribution >= 0.6 is 11.3 Å². The normalized spacial score (nSPS) is 17.1. The molecule has 1 amide bonds. The molecule has 1 aromatic carbocycles. The number of halogens is 1. The first kappa shape index (κ1) is 24.3. The third-order valence-electron chi connectivity index (χ3n) is 5.77. The molecule has 0 aliphatic carbocycles. The van der Waals surface area contributed by atoms with E-state index in [1.807, 2.05) is 26.8 Å². The number of nitrogens with one attached hydrogen (secondary N) is 1. The molecule has 7 nitrogen and oxygen atoms in total. The summed E-state index contributed by atoms with van der Waals surface area (Å²) in [6, 6.07) is 8.13. The molecule has 1 fully saturated rings. The topological polar surface area (TPSA) is 78.5 Å². The van der Waals surface area contributed by atoms with E-state index in [4.69, 9.17) is 9.72 Å². The van der Waals surface area contributed by atoms with Crippen molar-refractivity contribution in [3.63, 3.8) is 0 Å². The van der Waals surface area contributed by atoms with Gasteiger partial charge in [0, 0.05) is 25.0 Å². The summed E-state index contributed by atoms with van der Waals surface area (Å²) in [5.74, 6) is 0.662. The largest absolute Gasteiger partial charge is 0.444 e. The van der Waals surface area contributed by atoms with Crippen molar-refractivity contribution < 1.29 is 13.9 Å². The molecule has 3 aromatic rings. The molecule has 3 heterocycles. The molecule has 182 valence electrons. The maximum Gasteiger partial charge on any atom is 0.410 e. The van der Waals surface area contributed by atoms with Crippen LogP contribution in [0.15, 0.2) is 35.1 Å². The molecule has 0 spiro atoms. The summed E-state index contributed by atoms with van der Waals surface area (Å²) in [4.78, 5) is 37.5. The lowest BCUT2D eigenvalue weighted by Gasteiger charge is -2.34. The Kier molecular flexibility index (Phi) is 7.04. The number of rotatable bonds is 5. The molecule has 1 aliphatic heterocycles. The maximum absolute atomic E-state index is 13.3. The van der Waals surface area contributed by atoms with Gasteiger partial charge in [-0.15, -0.1) is 11.3 Å². The smallest absolute Gasteiger partial charge is 0.410 e. The van der Waals surface area contributed by atoms with E-state index in [1.165, 1.54) is 23.5 Å². The standard InChI is InChI=1S/C25H31FN4O3S/c1-25(2,3)33-24(32)29(4)13-16-6-5-11-30(14-16)15-21-27-19-12-20(34-22(19)23(31)28-21)17-7-9-18(26)10-8-17/h7-10,12,16H,5-6,11,13-15H2,1-4H3,(H,27,28,31). The second-order valence-electron chi connectivity index (χ2n) is 9.95. The zero-order chi connectivity index (χ0) is 24.5. The van der Waals surface area contributed by atoms with Crippen LogP contribution in [-0.4, -0.2) is 58.1 Å². The van der Waals surface area contributed by atoms with Crippen molar-refractivity contribution in [2.75, 3.05) is 26.7 Å². The summed E-state index contributed by atoms with van der Waals surface area (Å²) in [6.07, 6.45) is 1.75. The van der Waals surface area contributed by atoms with Crippen LogP contribution in [0.2, 0.25) is 0 Å². The first-order valence-corrected chi connectivity index (χ1v) is 12.3. The van der Waals surface area contributed by atoms with Crippen molar-refractivity contribution in [3.8, 4) is 10.4 Å². The quantitative estimate of drug-likeness (QED) is 0.557. The minimum Gasteiger partial charge on any atom is -0.444 e. The fourth-order valence-electron chi connectivity index (χ4n) is 4.28. The fraction of sp³-hybridized carbons (Fsp3) is 0.480. The minimum absolute atomic E-state index is 0.156. The molecule has 0 radical (unpaired) electrons. The van der Waals surface area contributed by atoms with E-state index in [0.29, 0.717) is 35.0 Å². The number of carbonyl (C=O) groups is 1. The van der Waals surface area contributed by atoms with E-state index < -0.39 is 5.60 Å². The Morgan fingerprint density at radius 1 is 1.32 bits per heavy atom. The third kappa shape index (κ3) is 6.01. The summed E-state index contributed by atoms with van der Waals surface area (Å²) in [5.41, 5.74) is 0.842. The number of benzene rings is 1. The number of hydrogen-bond acceptors (Lipinski definition) is 6.